The van der Waals surface area contributed by atoms with Crippen LogP contribution < -0.4 is 4.72 Å². The maximum Gasteiger partial charge on any atom is 0.242 e. The van der Waals surface area contributed by atoms with E-state index in [-0.39, 0.29) is 18.0 Å². The lowest BCUT2D eigenvalue weighted by Crippen LogP contribution is -2.23. The monoisotopic (exact) mass is 367 g/mol. The van der Waals surface area contributed by atoms with Crippen LogP contribution in [0.4, 0.5) is 0 Å². The Bertz CT molecular complexity index is 632. The first-order valence-electron chi connectivity index (χ1n) is 4.93. The molecule has 0 aromatic carbocycles. The summed E-state index contributed by atoms with van der Waals surface area (Å²) in [4.78, 5) is 1.53. The average molecular weight is 368 g/mol. The van der Waals surface area contributed by atoms with E-state index in [4.69, 9.17) is 5.11 Å². The van der Waals surface area contributed by atoms with Gasteiger partial charge in [0.25, 0.3) is 0 Å². The SMILES string of the molecule is O=S(=O)(NCc1cc(Br)cs1)c1ccsc1CO. The van der Waals surface area contributed by atoms with Gasteiger partial charge in [0.2, 0.25) is 10.0 Å². The zero-order valence-corrected chi connectivity index (χ0v) is 13.1. The predicted octanol–water partition coefficient (Wildman–Crippen LogP) is 2.54. The molecule has 0 aliphatic carbocycles. The molecule has 0 spiro atoms. The van der Waals surface area contributed by atoms with Gasteiger partial charge in [-0.15, -0.1) is 22.7 Å². The molecule has 2 aromatic rings. The van der Waals surface area contributed by atoms with Crippen molar-refractivity contribution in [2.45, 2.75) is 18.0 Å². The van der Waals surface area contributed by atoms with E-state index in [1.54, 1.807) is 5.38 Å². The summed E-state index contributed by atoms with van der Waals surface area (Å²) in [5.74, 6) is 0. The van der Waals surface area contributed by atoms with Crippen molar-refractivity contribution in [1.82, 2.24) is 4.72 Å². The van der Waals surface area contributed by atoms with Crippen LogP contribution in [0.1, 0.15) is 9.75 Å². The van der Waals surface area contributed by atoms with Gasteiger partial charge in [0.15, 0.2) is 0 Å². The minimum atomic E-state index is -3.56. The van der Waals surface area contributed by atoms with Crippen molar-refractivity contribution in [2.24, 2.45) is 0 Å². The maximum atomic E-state index is 12.0. The Morgan fingerprint density at radius 3 is 2.78 bits per heavy atom. The van der Waals surface area contributed by atoms with E-state index in [1.165, 1.54) is 28.7 Å². The summed E-state index contributed by atoms with van der Waals surface area (Å²) in [6.07, 6.45) is 0. The van der Waals surface area contributed by atoms with Crippen LogP contribution in [0.5, 0.6) is 0 Å². The normalized spacial score (nSPS) is 11.9. The quantitative estimate of drug-likeness (QED) is 0.853. The fourth-order valence-electron chi connectivity index (χ4n) is 1.37. The van der Waals surface area contributed by atoms with Crippen molar-refractivity contribution < 1.29 is 13.5 Å². The molecule has 8 heteroatoms. The molecule has 0 bridgehead atoms. The molecule has 0 radical (unpaired) electrons. The lowest BCUT2D eigenvalue weighted by atomic mass is 10.5. The molecule has 2 heterocycles. The molecular weight excluding hydrogens is 358 g/mol. The van der Waals surface area contributed by atoms with Gasteiger partial charge < -0.3 is 5.11 Å². The zero-order valence-electron chi connectivity index (χ0n) is 9.09. The van der Waals surface area contributed by atoms with Gasteiger partial charge in [-0.2, -0.15) is 0 Å². The van der Waals surface area contributed by atoms with Crippen LogP contribution in [-0.4, -0.2) is 13.5 Å². The van der Waals surface area contributed by atoms with Crippen LogP contribution in [0, 0.1) is 0 Å². The molecule has 0 saturated heterocycles. The van der Waals surface area contributed by atoms with Crippen LogP contribution in [0.3, 0.4) is 0 Å². The fourth-order valence-corrected chi connectivity index (χ4v) is 5.16. The molecule has 0 amide bonds. The summed E-state index contributed by atoms with van der Waals surface area (Å²) in [6, 6.07) is 3.37. The minimum Gasteiger partial charge on any atom is -0.391 e. The third-order valence-corrected chi connectivity index (χ3v) is 6.41. The summed E-state index contributed by atoms with van der Waals surface area (Å²) >= 11 is 6.02. The van der Waals surface area contributed by atoms with Gasteiger partial charge in [0.05, 0.1) is 11.5 Å². The van der Waals surface area contributed by atoms with Gasteiger partial charge in [0.1, 0.15) is 0 Å². The number of nitrogens with one attached hydrogen (secondary N) is 1. The van der Waals surface area contributed by atoms with Crippen LogP contribution in [0.25, 0.3) is 0 Å². The molecule has 0 unspecified atom stereocenters. The molecular formula is C10H10BrNO3S3. The van der Waals surface area contributed by atoms with Gasteiger partial charge >= 0.3 is 0 Å². The molecule has 0 fully saturated rings. The zero-order chi connectivity index (χ0) is 13.2. The number of sulfonamides is 1. The summed E-state index contributed by atoms with van der Waals surface area (Å²) in [5, 5.41) is 12.6. The van der Waals surface area contributed by atoms with E-state index in [0.717, 1.165) is 9.35 Å². The lowest BCUT2D eigenvalue weighted by Gasteiger charge is -2.05. The van der Waals surface area contributed by atoms with Crippen LogP contribution in [-0.2, 0) is 23.2 Å². The first kappa shape index (κ1) is 14.2. The van der Waals surface area contributed by atoms with Gasteiger partial charge in [0, 0.05) is 26.2 Å². The van der Waals surface area contributed by atoms with Crippen LogP contribution >= 0.6 is 38.6 Å². The third kappa shape index (κ3) is 3.19. The first-order valence-corrected chi connectivity index (χ1v) is 8.96. The standard InChI is InChI=1S/C10H10BrNO3S3/c11-7-3-8(17-6-7)4-12-18(14,15)10-1-2-16-9(10)5-13/h1-3,6,12-13H,4-5H2. The third-order valence-electron chi connectivity index (χ3n) is 2.20. The van der Waals surface area contributed by atoms with Gasteiger partial charge in [-0.05, 0) is 33.4 Å². The van der Waals surface area contributed by atoms with E-state index < -0.39 is 10.0 Å². The fraction of sp³-hybridized carbons (Fsp3) is 0.200. The van der Waals surface area contributed by atoms with Crippen LogP contribution in [0.15, 0.2) is 32.3 Å². The Kier molecular flexibility index (Phi) is 4.57. The number of thiophene rings is 2. The van der Waals surface area contributed by atoms with E-state index in [9.17, 15) is 8.42 Å². The second-order valence-electron chi connectivity index (χ2n) is 3.42. The summed E-state index contributed by atoms with van der Waals surface area (Å²) in [6.45, 7) is -0.0161. The summed E-state index contributed by atoms with van der Waals surface area (Å²) in [5.41, 5.74) is 0. The van der Waals surface area contributed by atoms with Crippen molar-refractivity contribution in [2.75, 3.05) is 0 Å². The Morgan fingerprint density at radius 2 is 2.17 bits per heavy atom. The molecule has 2 N–H and O–H groups in total. The number of halogens is 1. The molecule has 18 heavy (non-hydrogen) atoms. The number of hydrogen-bond donors (Lipinski definition) is 2. The van der Waals surface area contributed by atoms with Crippen LogP contribution in [0.2, 0.25) is 0 Å². The molecule has 4 nitrogen and oxygen atoms in total. The van der Waals surface area contributed by atoms with E-state index in [1.807, 2.05) is 11.4 Å². The van der Waals surface area contributed by atoms with Gasteiger partial charge in [-0.1, -0.05) is 0 Å². The molecule has 2 rings (SSSR count). The maximum absolute atomic E-state index is 12.0. The summed E-state index contributed by atoms with van der Waals surface area (Å²) in [7, 11) is -3.56. The number of aliphatic hydroxyl groups is 1. The first-order chi connectivity index (χ1) is 8.53. The Hall–Kier alpha value is -0.250. The Balaban J connectivity index is 2.13. The highest BCUT2D eigenvalue weighted by Crippen LogP contribution is 2.23. The van der Waals surface area contributed by atoms with E-state index in [0.29, 0.717) is 4.88 Å². The van der Waals surface area contributed by atoms with Gasteiger partial charge in [-0.3, -0.25) is 0 Å². The Morgan fingerprint density at radius 1 is 1.39 bits per heavy atom. The molecule has 0 aliphatic heterocycles. The minimum absolute atomic E-state index is 0.158. The summed E-state index contributed by atoms with van der Waals surface area (Å²) < 4.78 is 27.5. The van der Waals surface area contributed by atoms with E-state index in [2.05, 4.69) is 20.7 Å². The van der Waals surface area contributed by atoms with Crippen molar-refractivity contribution in [3.63, 3.8) is 0 Å². The number of aliphatic hydroxyl groups excluding tert-OH is 1. The highest BCUT2D eigenvalue weighted by molar-refractivity contribution is 9.10. The topological polar surface area (TPSA) is 66.4 Å². The molecule has 0 saturated carbocycles. The lowest BCUT2D eigenvalue weighted by molar-refractivity contribution is 0.282. The van der Waals surface area contributed by atoms with Gasteiger partial charge in [-0.25, -0.2) is 13.1 Å². The molecule has 2 aromatic heterocycles. The smallest absolute Gasteiger partial charge is 0.242 e. The predicted molar refractivity (Wildman–Crippen MR) is 76.3 cm³/mol. The van der Waals surface area contributed by atoms with Crippen molar-refractivity contribution >= 4 is 48.6 Å². The van der Waals surface area contributed by atoms with E-state index >= 15 is 0 Å². The second-order valence-corrected chi connectivity index (χ2v) is 8.07. The number of rotatable bonds is 5. The van der Waals surface area contributed by atoms with Crippen molar-refractivity contribution in [3.05, 3.63) is 37.1 Å². The van der Waals surface area contributed by atoms with Crippen molar-refractivity contribution in [3.8, 4) is 0 Å². The Labute approximate surface area is 121 Å². The largest absolute Gasteiger partial charge is 0.391 e. The highest BCUT2D eigenvalue weighted by Gasteiger charge is 2.19. The molecule has 0 aliphatic rings. The molecule has 98 valence electrons. The molecule has 0 atom stereocenters. The second kappa shape index (κ2) is 5.81. The number of hydrogen-bond acceptors (Lipinski definition) is 5. The highest BCUT2D eigenvalue weighted by atomic mass is 79.9. The van der Waals surface area contributed by atoms with Crippen molar-refractivity contribution in [1.29, 1.82) is 0 Å². The average Bonchev–Trinajstić information content (AvgIpc) is 2.95.